The number of likely N-dealkylation sites (tertiary alicyclic amines) is 1. The maximum absolute atomic E-state index is 9.70. The molecule has 1 fully saturated rings. The predicted molar refractivity (Wildman–Crippen MR) is 85.9 cm³/mol. The summed E-state index contributed by atoms with van der Waals surface area (Å²) in [4.78, 5) is 2.30. The Kier molecular flexibility index (Phi) is 3.77. The van der Waals surface area contributed by atoms with Crippen LogP contribution in [-0.2, 0) is 5.41 Å². The van der Waals surface area contributed by atoms with Gasteiger partial charge in [-0.2, -0.15) is 5.26 Å². The van der Waals surface area contributed by atoms with Crippen LogP contribution in [0.4, 0.5) is 0 Å². The molecule has 0 amide bonds. The molecule has 0 bridgehead atoms. The van der Waals surface area contributed by atoms with Gasteiger partial charge >= 0.3 is 0 Å². The average Bonchev–Trinajstić information content (AvgIpc) is 2.57. The van der Waals surface area contributed by atoms with Gasteiger partial charge in [0.25, 0.3) is 0 Å². The minimum Gasteiger partial charge on any atom is -0.306 e. The minimum atomic E-state index is -0.304. The summed E-state index contributed by atoms with van der Waals surface area (Å²) in [5.41, 5.74) is 3.29. The number of piperidine rings is 1. The first kappa shape index (κ1) is 13.9. The number of nitrogens with zero attached hydrogens (tertiary/aromatic N) is 2. The van der Waals surface area contributed by atoms with Crippen molar-refractivity contribution in [3.8, 4) is 17.2 Å². The van der Waals surface area contributed by atoms with E-state index in [1.807, 2.05) is 6.07 Å². The van der Waals surface area contributed by atoms with Crippen molar-refractivity contribution >= 4 is 0 Å². The summed E-state index contributed by atoms with van der Waals surface area (Å²) in [6, 6.07) is 21.5. The molecule has 2 aromatic carbocycles. The van der Waals surface area contributed by atoms with Gasteiger partial charge in [-0.15, -0.1) is 0 Å². The van der Waals surface area contributed by atoms with E-state index in [4.69, 9.17) is 0 Å². The van der Waals surface area contributed by atoms with E-state index >= 15 is 0 Å². The molecule has 1 aliphatic rings. The van der Waals surface area contributed by atoms with E-state index in [2.05, 4.69) is 66.5 Å². The second-order valence-electron chi connectivity index (χ2n) is 5.94. The highest BCUT2D eigenvalue weighted by Crippen LogP contribution is 2.35. The van der Waals surface area contributed by atoms with Crippen molar-refractivity contribution in [2.45, 2.75) is 18.3 Å². The van der Waals surface area contributed by atoms with Gasteiger partial charge in [0.15, 0.2) is 0 Å². The highest BCUT2D eigenvalue weighted by atomic mass is 15.1. The van der Waals surface area contributed by atoms with Crippen LogP contribution in [0.15, 0.2) is 54.6 Å². The highest BCUT2D eigenvalue weighted by Gasteiger charge is 2.35. The zero-order valence-corrected chi connectivity index (χ0v) is 12.4. The van der Waals surface area contributed by atoms with Gasteiger partial charge in [0, 0.05) is 0 Å². The Labute approximate surface area is 126 Å². The van der Waals surface area contributed by atoms with Crippen molar-refractivity contribution in [3.05, 3.63) is 60.2 Å². The third kappa shape index (κ3) is 2.70. The first-order valence-corrected chi connectivity index (χ1v) is 7.49. The molecule has 2 aromatic rings. The predicted octanol–water partition coefficient (Wildman–Crippen LogP) is 3.84. The Morgan fingerprint density at radius 2 is 1.48 bits per heavy atom. The third-order valence-electron chi connectivity index (χ3n) is 4.60. The Morgan fingerprint density at radius 3 is 2.05 bits per heavy atom. The van der Waals surface area contributed by atoms with Crippen LogP contribution in [0, 0.1) is 11.3 Å². The molecule has 1 saturated heterocycles. The summed E-state index contributed by atoms with van der Waals surface area (Å²) in [6.07, 6.45) is 1.84. The van der Waals surface area contributed by atoms with Crippen molar-refractivity contribution in [3.63, 3.8) is 0 Å². The fourth-order valence-corrected chi connectivity index (χ4v) is 3.08. The molecule has 1 aliphatic heterocycles. The number of hydrogen-bond acceptors (Lipinski definition) is 2. The molecule has 0 atom stereocenters. The van der Waals surface area contributed by atoms with E-state index in [1.54, 1.807) is 0 Å². The maximum atomic E-state index is 9.70. The van der Waals surface area contributed by atoms with E-state index < -0.39 is 0 Å². The molecule has 0 aliphatic carbocycles. The van der Waals surface area contributed by atoms with Gasteiger partial charge in [0.05, 0.1) is 11.5 Å². The van der Waals surface area contributed by atoms with Crippen LogP contribution in [0.3, 0.4) is 0 Å². The molecule has 0 radical (unpaired) electrons. The van der Waals surface area contributed by atoms with Crippen LogP contribution in [0.5, 0.6) is 0 Å². The van der Waals surface area contributed by atoms with Crippen LogP contribution in [0.1, 0.15) is 18.4 Å². The van der Waals surface area contributed by atoms with Gasteiger partial charge < -0.3 is 4.90 Å². The fraction of sp³-hybridized carbons (Fsp3) is 0.316. The number of nitriles is 1. The second kappa shape index (κ2) is 5.71. The third-order valence-corrected chi connectivity index (χ3v) is 4.60. The lowest BCUT2D eigenvalue weighted by Crippen LogP contribution is -2.39. The van der Waals surface area contributed by atoms with Crippen LogP contribution in [-0.4, -0.2) is 25.0 Å². The first-order chi connectivity index (χ1) is 10.2. The molecule has 2 nitrogen and oxygen atoms in total. The smallest absolute Gasteiger partial charge is 0.0846 e. The summed E-state index contributed by atoms with van der Waals surface area (Å²) >= 11 is 0. The van der Waals surface area contributed by atoms with Crippen molar-refractivity contribution < 1.29 is 0 Å². The lowest BCUT2D eigenvalue weighted by atomic mass is 9.74. The molecule has 3 rings (SSSR count). The van der Waals surface area contributed by atoms with Crippen molar-refractivity contribution in [2.75, 3.05) is 20.1 Å². The Morgan fingerprint density at radius 1 is 0.905 bits per heavy atom. The van der Waals surface area contributed by atoms with Gasteiger partial charge in [-0.05, 0) is 49.7 Å². The van der Waals surface area contributed by atoms with Gasteiger partial charge in [0.2, 0.25) is 0 Å². The normalized spacial score (nSPS) is 18.1. The molecule has 0 saturated carbocycles. The average molecular weight is 276 g/mol. The molecular weight excluding hydrogens is 256 g/mol. The molecule has 1 heterocycles. The Hall–Kier alpha value is -2.11. The molecule has 0 unspecified atom stereocenters. The van der Waals surface area contributed by atoms with Crippen molar-refractivity contribution in [2.24, 2.45) is 0 Å². The molecule has 2 heteroatoms. The Bertz CT molecular complexity index is 630. The van der Waals surface area contributed by atoms with Gasteiger partial charge in [0.1, 0.15) is 0 Å². The quantitative estimate of drug-likeness (QED) is 0.833. The Balaban J connectivity index is 1.88. The number of rotatable bonds is 2. The van der Waals surface area contributed by atoms with Gasteiger partial charge in [-0.3, -0.25) is 0 Å². The zero-order chi connectivity index (χ0) is 14.7. The van der Waals surface area contributed by atoms with Crippen molar-refractivity contribution in [1.82, 2.24) is 4.90 Å². The van der Waals surface area contributed by atoms with Crippen LogP contribution in [0.2, 0.25) is 0 Å². The summed E-state index contributed by atoms with van der Waals surface area (Å²) in [6.45, 7) is 1.99. The van der Waals surface area contributed by atoms with Crippen LogP contribution in [0.25, 0.3) is 11.1 Å². The molecule has 0 N–H and O–H groups in total. The summed E-state index contributed by atoms with van der Waals surface area (Å²) in [5.74, 6) is 0. The zero-order valence-electron chi connectivity index (χ0n) is 12.4. The van der Waals surface area contributed by atoms with Gasteiger partial charge in [-0.25, -0.2) is 0 Å². The topological polar surface area (TPSA) is 27.0 Å². The summed E-state index contributed by atoms with van der Waals surface area (Å²) in [7, 11) is 2.12. The first-order valence-electron chi connectivity index (χ1n) is 7.49. The second-order valence-corrected chi connectivity index (χ2v) is 5.94. The SMILES string of the molecule is CN1CCC(C#N)(c2ccc(-c3ccccc3)cc2)CC1. The summed E-state index contributed by atoms with van der Waals surface area (Å²) in [5, 5.41) is 9.70. The minimum absolute atomic E-state index is 0.304. The monoisotopic (exact) mass is 276 g/mol. The lowest BCUT2D eigenvalue weighted by molar-refractivity contribution is 0.222. The highest BCUT2D eigenvalue weighted by molar-refractivity contribution is 5.63. The lowest BCUT2D eigenvalue weighted by Gasteiger charge is -2.35. The largest absolute Gasteiger partial charge is 0.306 e. The maximum Gasteiger partial charge on any atom is 0.0846 e. The molecule has 21 heavy (non-hydrogen) atoms. The van der Waals surface area contributed by atoms with Gasteiger partial charge in [-0.1, -0.05) is 54.6 Å². The molecule has 0 aromatic heterocycles. The summed E-state index contributed by atoms with van der Waals surface area (Å²) < 4.78 is 0. The van der Waals surface area contributed by atoms with Crippen LogP contribution >= 0.6 is 0 Å². The van der Waals surface area contributed by atoms with E-state index in [0.29, 0.717) is 0 Å². The number of benzene rings is 2. The van der Waals surface area contributed by atoms with E-state index in [9.17, 15) is 5.26 Å². The van der Waals surface area contributed by atoms with E-state index in [1.165, 1.54) is 11.1 Å². The van der Waals surface area contributed by atoms with E-state index in [0.717, 1.165) is 31.5 Å². The van der Waals surface area contributed by atoms with Crippen LogP contribution < -0.4 is 0 Å². The molecular formula is C19H20N2. The fourth-order valence-electron chi connectivity index (χ4n) is 3.08. The van der Waals surface area contributed by atoms with Crippen molar-refractivity contribution in [1.29, 1.82) is 5.26 Å². The molecule has 106 valence electrons. The number of hydrogen-bond donors (Lipinski definition) is 0. The van der Waals surface area contributed by atoms with E-state index in [-0.39, 0.29) is 5.41 Å². The standard InChI is InChI=1S/C19H20N2/c1-21-13-11-19(15-20,12-14-21)18-9-7-17(8-10-18)16-5-3-2-4-6-16/h2-10H,11-14H2,1H3. The molecule has 0 spiro atoms.